The van der Waals surface area contributed by atoms with Gasteiger partial charge in [0.25, 0.3) is 0 Å². The van der Waals surface area contributed by atoms with Crippen molar-refractivity contribution in [3.05, 3.63) is 59.7 Å². The zero-order chi connectivity index (χ0) is 15.9. The molecule has 0 fully saturated rings. The van der Waals surface area contributed by atoms with Gasteiger partial charge in [-0.2, -0.15) is 0 Å². The average Bonchev–Trinajstić information content (AvgIpc) is 2.90. The number of carbonyl (C=O) groups excluding carboxylic acids is 2. The molecule has 0 bridgehead atoms. The molecule has 2 aliphatic rings. The molecule has 0 aromatic heterocycles. The van der Waals surface area contributed by atoms with Crippen molar-refractivity contribution in [1.82, 2.24) is 0 Å². The Hall–Kier alpha value is -2.36. The monoisotopic (exact) mass is 298 g/mol. The first-order chi connectivity index (χ1) is 10.6. The minimum Gasteiger partial charge on any atom is -0.468 e. The van der Waals surface area contributed by atoms with E-state index in [4.69, 9.17) is 9.47 Å². The Morgan fingerprint density at radius 1 is 1.32 bits per heavy atom. The normalized spacial score (nSPS) is 27.9. The number of carbonyl (C=O) groups is 2. The Morgan fingerprint density at radius 2 is 2.09 bits per heavy atom. The summed E-state index contributed by atoms with van der Waals surface area (Å²) in [7, 11) is 2.76. The number of methoxy groups -OCH3 is 2. The second-order valence-electron chi connectivity index (χ2n) is 5.65. The summed E-state index contributed by atoms with van der Waals surface area (Å²) in [6, 6.07) is 5.79. The van der Waals surface area contributed by atoms with E-state index in [0.717, 1.165) is 16.7 Å². The first kappa shape index (κ1) is 14.6. The lowest BCUT2D eigenvalue weighted by atomic mass is 9.68. The minimum absolute atomic E-state index is 0.0778. The Labute approximate surface area is 129 Å². The smallest absolute Gasteiger partial charge is 0.320 e. The molecule has 0 spiro atoms. The molecule has 22 heavy (non-hydrogen) atoms. The van der Waals surface area contributed by atoms with Gasteiger partial charge in [-0.05, 0) is 23.1 Å². The Balaban J connectivity index is 2.27. The molecule has 0 amide bonds. The summed E-state index contributed by atoms with van der Waals surface area (Å²) in [5.74, 6) is -1.21. The van der Waals surface area contributed by atoms with Crippen LogP contribution < -0.4 is 0 Å². The highest BCUT2D eigenvalue weighted by atomic mass is 16.5. The number of ether oxygens (including phenoxy) is 2. The molecule has 0 N–H and O–H groups in total. The zero-order valence-corrected chi connectivity index (χ0v) is 12.7. The quantitative estimate of drug-likeness (QED) is 0.634. The third kappa shape index (κ3) is 1.70. The van der Waals surface area contributed by atoms with Gasteiger partial charge in [0.1, 0.15) is 11.3 Å². The molecule has 3 atom stereocenters. The van der Waals surface area contributed by atoms with Crippen molar-refractivity contribution in [2.24, 2.45) is 5.92 Å². The van der Waals surface area contributed by atoms with Crippen LogP contribution in [0.1, 0.15) is 22.6 Å². The molecule has 0 heterocycles. The molecule has 0 saturated heterocycles. The Morgan fingerprint density at radius 3 is 2.73 bits per heavy atom. The van der Waals surface area contributed by atoms with Crippen LogP contribution in [0.25, 0.3) is 0 Å². The average molecular weight is 298 g/mol. The maximum absolute atomic E-state index is 12.6. The summed E-state index contributed by atoms with van der Waals surface area (Å²) in [4.78, 5) is 24.6. The molecule has 2 aliphatic carbocycles. The van der Waals surface area contributed by atoms with Crippen molar-refractivity contribution < 1.29 is 19.1 Å². The number of hydrogen-bond acceptors (Lipinski definition) is 4. The summed E-state index contributed by atoms with van der Waals surface area (Å²) >= 11 is 0. The molecule has 1 aromatic rings. The molecule has 0 radical (unpaired) electrons. The number of rotatable bonds is 3. The summed E-state index contributed by atoms with van der Waals surface area (Å²) < 4.78 is 9.96. The largest absolute Gasteiger partial charge is 0.468 e. The van der Waals surface area contributed by atoms with Crippen LogP contribution in [0.4, 0.5) is 0 Å². The SMILES string of the molecule is C=C[C@@H]1Cc2cccc3c2[C@@]1(C(=O)OC)C=C[C@H]3C(=O)OC. The number of benzene rings is 1. The van der Waals surface area contributed by atoms with Gasteiger partial charge in [0, 0.05) is 5.92 Å². The second-order valence-corrected chi connectivity index (χ2v) is 5.65. The van der Waals surface area contributed by atoms with Gasteiger partial charge in [0.15, 0.2) is 0 Å². The lowest BCUT2D eigenvalue weighted by Gasteiger charge is -2.34. The van der Waals surface area contributed by atoms with E-state index in [1.54, 1.807) is 18.2 Å². The fourth-order valence-corrected chi connectivity index (χ4v) is 3.79. The van der Waals surface area contributed by atoms with Crippen molar-refractivity contribution in [1.29, 1.82) is 0 Å². The van der Waals surface area contributed by atoms with Crippen LogP contribution in [-0.4, -0.2) is 26.2 Å². The fourth-order valence-electron chi connectivity index (χ4n) is 3.79. The highest BCUT2D eigenvalue weighted by molar-refractivity contribution is 5.93. The van der Waals surface area contributed by atoms with E-state index in [1.165, 1.54) is 14.2 Å². The van der Waals surface area contributed by atoms with E-state index >= 15 is 0 Å². The molecule has 0 saturated carbocycles. The summed E-state index contributed by atoms with van der Waals surface area (Å²) in [5, 5.41) is 0. The van der Waals surface area contributed by atoms with E-state index in [2.05, 4.69) is 6.58 Å². The van der Waals surface area contributed by atoms with Gasteiger partial charge in [-0.1, -0.05) is 36.4 Å². The summed E-state index contributed by atoms with van der Waals surface area (Å²) in [5.41, 5.74) is 1.88. The highest BCUT2D eigenvalue weighted by Crippen LogP contribution is 2.52. The van der Waals surface area contributed by atoms with E-state index in [0.29, 0.717) is 6.42 Å². The van der Waals surface area contributed by atoms with Crippen LogP contribution in [0, 0.1) is 5.92 Å². The first-order valence-electron chi connectivity index (χ1n) is 7.20. The van der Waals surface area contributed by atoms with Crippen LogP contribution in [0.5, 0.6) is 0 Å². The lowest BCUT2D eigenvalue weighted by Crippen LogP contribution is -2.41. The lowest BCUT2D eigenvalue weighted by molar-refractivity contribution is -0.147. The van der Waals surface area contributed by atoms with Gasteiger partial charge in [-0.25, -0.2) is 0 Å². The van der Waals surface area contributed by atoms with Crippen LogP contribution in [0.2, 0.25) is 0 Å². The molecule has 4 heteroatoms. The van der Waals surface area contributed by atoms with Gasteiger partial charge in [0.05, 0.1) is 14.2 Å². The standard InChI is InChI=1S/C18H18O4/c1-4-12-10-11-6-5-7-13-14(16(19)21-2)8-9-18(12,15(11)13)17(20)22-3/h4-9,12,14H,1,10H2,2-3H3/t12-,14-,18-/m1/s1. The van der Waals surface area contributed by atoms with Crippen molar-refractivity contribution >= 4 is 11.9 Å². The van der Waals surface area contributed by atoms with E-state index in [9.17, 15) is 9.59 Å². The second kappa shape index (κ2) is 5.13. The molecular formula is C18H18O4. The molecule has 4 nitrogen and oxygen atoms in total. The van der Waals surface area contributed by atoms with Crippen LogP contribution in [0.15, 0.2) is 43.0 Å². The highest BCUT2D eigenvalue weighted by Gasteiger charge is 2.54. The summed E-state index contributed by atoms with van der Waals surface area (Å²) in [6.45, 7) is 3.88. The van der Waals surface area contributed by atoms with Gasteiger partial charge in [0.2, 0.25) is 0 Å². The van der Waals surface area contributed by atoms with E-state index in [-0.39, 0.29) is 17.9 Å². The molecular weight excluding hydrogens is 280 g/mol. The summed E-state index contributed by atoms with van der Waals surface area (Å²) in [6.07, 6.45) is 6.05. The maximum Gasteiger partial charge on any atom is 0.320 e. The predicted octanol–water partition coefficient (Wildman–Crippen LogP) is 2.28. The Kier molecular flexibility index (Phi) is 3.39. The Bertz CT molecular complexity index is 688. The van der Waals surface area contributed by atoms with Crippen LogP contribution >= 0.6 is 0 Å². The van der Waals surface area contributed by atoms with Crippen molar-refractivity contribution in [2.75, 3.05) is 14.2 Å². The van der Waals surface area contributed by atoms with Crippen molar-refractivity contribution in [3.8, 4) is 0 Å². The molecule has 1 aromatic carbocycles. The number of esters is 2. The molecule has 0 unspecified atom stereocenters. The first-order valence-corrected chi connectivity index (χ1v) is 7.20. The number of allylic oxidation sites excluding steroid dienone is 1. The van der Waals surface area contributed by atoms with Crippen molar-refractivity contribution in [2.45, 2.75) is 17.8 Å². The predicted molar refractivity (Wildman–Crippen MR) is 81.4 cm³/mol. The van der Waals surface area contributed by atoms with E-state index in [1.807, 2.05) is 18.2 Å². The third-order valence-electron chi connectivity index (χ3n) is 4.77. The van der Waals surface area contributed by atoms with Crippen LogP contribution in [0.3, 0.4) is 0 Å². The van der Waals surface area contributed by atoms with Gasteiger partial charge < -0.3 is 9.47 Å². The van der Waals surface area contributed by atoms with Gasteiger partial charge in [-0.3, -0.25) is 9.59 Å². The van der Waals surface area contributed by atoms with Crippen molar-refractivity contribution in [3.63, 3.8) is 0 Å². The van der Waals surface area contributed by atoms with Crippen LogP contribution in [-0.2, 0) is 30.9 Å². The maximum atomic E-state index is 12.6. The number of hydrogen-bond donors (Lipinski definition) is 0. The van der Waals surface area contributed by atoms with Gasteiger partial charge >= 0.3 is 11.9 Å². The van der Waals surface area contributed by atoms with E-state index < -0.39 is 11.3 Å². The fraction of sp³-hybridized carbons (Fsp3) is 0.333. The minimum atomic E-state index is -0.882. The topological polar surface area (TPSA) is 52.6 Å². The molecule has 0 aliphatic heterocycles. The zero-order valence-electron chi connectivity index (χ0n) is 12.7. The third-order valence-corrected chi connectivity index (χ3v) is 4.77. The molecule has 114 valence electrons. The molecule has 3 rings (SSSR count). The van der Waals surface area contributed by atoms with Gasteiger partial charge in [-0.15, -0.1) is 6.58 Å².